The zero-order valence-corrected chi connectivity index (χ0v) is 12.7. The zero-order valence-electron chi connectivity index (χ0n) is 12.7. The Bertz CT molecular complexity index is 1140. The predicted octanol–water partition coefficient (Wildman–Crippen LogP) is 3.49. The van der Waals surface area contributed by atoms with Gasteiger partial charge in [0.05, 0.1) is 0 Å². The average molecular weight is 320 g/mol. The number of fused-ring (bicyclic) bond motifs is 3. The highest BCUT2D eigenvalue weighted by Gasteiger charge is 2.16. The fourth-order valence-corrected chi connectivity index (χ4v) is 2.64. The molecule has 0 fully saturated rings. The highest BCUT2D eigenvalue weighted by atomic mass is 16.5. The van der Waals surface area contributed by atoms with Crippen LogP contribution < -0.4 is 10.9 Å². The number of nitrogens with zero attached hydrogens (tertiary/aromatic N) is 1. The highest BCUT2D eigenvalue weighted by molar-refractivity contribution is 6.10. The molecular weight excluding hydrogens is 308 g/mol. The van der Waals surface area contributed by atoms with Gasteiger partial charge in [-0.15, -0.1) is 0 Å². The first-order chi connectivity index (χ1) is 11.6. The standard InChI is InChI=1S/C18H12N2O4/c1-10-8-16(20-24-10)19-17(21)14-9-13-12-5-3-2-4-11(12)6-7-15(13)23-18(14)22/h2-9H,1H3,(H,19,20,21). The summed E-state index contributed by atoms with van der Waals surface area (Å²) in [6.45, 7) is 1.71. The van der Waals surface area contributed by atoms with Gasteiger partial charge in [-0.25, -0.2) is 4.79 Å². The van der Waals surface area contributed by atoms with Crippen molar-refractivity contribution in [1.82, 2.24) is 5.16 Å². The van der Waals surface area contributed by atoms with E-state index >= 15 is 0 Å². The monoisotopic (exact) mass is 320 g/mol. The second-order valence-corrected chi connectivity index (χ2v) is 5.42. The topological polar surface area (TPSA) is 85.3 Å². The van der Waals surface area contributed by atoms with E-state index in [4.69, 9.17) is 8.94 Å². The Labute approximate surface area is 135 Å². The molecule has 0 saturated carbocycles. The van der Waals surface area contributed by atoms with Crippen molar-refractivity contribution in [3.8, 4) is 0 Å². The molecule has 0 spiro atoms. The van der Waals surface area contributed by atoms with E-state index in [2.05, 4.69) is 10.5 Å². The Balaban J connectivity index is 1.85. The number of carbonyl (C=O) groups is 1. The maximum absolute atomic E-state index is 12.4. The SMILES string of the molecule is Cc1cc(NC(=O)c2cc3c(ccc4ccccc43)oc2=O)no1. The zero-order chi connectivity index (χ0) is 16.7. The number of aromatic nitrogens is 1. The summed E-state index contributed by atoms with van der Waals surface area (Å²) >= 11 is 0. The number of nitrogens with one attached hydrogen (secondary N) is 1. The molecular formula is C18H12N2O4. The molecule has 0 aliphatic carbocycles. The van der Waals surface area contributed by atoms with Crippen LogP contribution in [0.1, 0.15) is 16.1 Å². The van der Waals surface area contributed by atoms with Crippen molar-refractivity contribution in [2.24, 2.45) is 0 Å². The number of anilines is 1. The van der Waals surface area contributed by atoms with Gasteiger partial charge in [0.1, 0.15) is 16.9 Å². The Kier molecular flexibility index (Phi) is 3.16. The summed E-state index contributed by atoms with van der Waals surface area (Å²) in [5.74, 6) is 0.212. The molecule has 6 nitrogen and oxygen atoms in total. The molecule has 2 heterocycles. The number of hydrogen-bond acceptors (Lipinski definition) is 5. The van der Waals surface area contributed by atoms with Crippen LogP contribution in [0.25, 0.3) is 21.7 Å². The molecule has 4 aromatic rings. The Morgan fingerprint density at radius 2 is 1.92 bits per heavy atom. The van der Waals surface area contributed by atoms with Crippen LogP contribution in [0.2, 0.25) is 0 Å². The molecule has 0 aliphatic rings. The Hall–Kier alpha value is -3.41. The molecule has 0 aliphatic heterocycles. The maximum Gasteiger partial charge on any atom is 0.349 e. The second kappa shape index (κ2) is 5.34. The van der Waals surface area contributed by atoms with Gasteiger partial charge in [0, 0.05) is 11.5 Å². The lowest BCUT2D eigenvalue weighted by atomic mass is 10.0. The maximum atomic E-state index is 12.4. The summed E-state index contributed by atoms with van der Waals surface area (Å²) in [5.41, 5.74) is -0.345. The van der Waals surface area contributed by atoms with Gasteiger partial charge in [-0.05, 0) is 29.8 Å². The van der Waals surface area contributed by atoms with Crippen molar-refractivity contribution >= 4 is 33.5 Å². The van der Waals surface area contributed by atoms with Gasteiger partial charge in [0.15, 0.2) is 5.82 Å². The van der Waals surface area contributed by atoms with Crippen molar-refractivity contribution in [2.75, 3.05) is 5.32 Å². The number of amides is 1. The summed E-state index contributed by atoms with van der Waals surface area (Å²) in [7, 11) is 0. The minimum Gasteiger partial charge on any atom is -0.422 e. The van der Waals surface area contributed by atoms with Gasteiger partial charge >= 0.3 is 5.63 Å². The Morgan fingerprint density at radius 1 is 1.08 bits per heavy atom. The lowest BCUT2D eigenvalue weighted by Gasteiger charge is -2.05. The number of rotatable bonds is 2. The van der Waals surface area contributed by atoms with Gasteiger partial charge in [-0.2, -0.15) is 0 Å². The molecule has 6 heteroatoms. The predicted molar refractivity (Wildman–Crippen MR) is 89.2 cm³/mol. The van der Waals surface area contributed by atoms with Crippen LogP contribution in [0.3, 0.4) is 0 Å². The van der Waals surface area contributed by atoms with E-state index < -0.39 is 11.5 Å². The van der Waals surface area contributed by atoms with E-state index in [0.717, 1.165) is 10.8 Å². The molecule has 0 radical (unpaired) electrons. The summed E-state index contributed by atoms with van der Waals surface area (Å²) in [5, 5.41) is 8.82. The quantitative estimate of drug-likeness (QED) is 0.451. The minimum atomic E-state index is -0.699. The smallest absolute Gasteiger partial charge is 0.349 e. The summed E-state index contributed by atoms with van der Waals surface area (Å²) in [6, 6.07) is 14.4. The molecule has 1 N–H and O–H groups in total. The van der Waals surface area contributed by atoms with Crippen LogP contribution in [-0.2, 0) is 0 Å². The molecule has 2 aromatic carbocycles. The lowest BCUT2D eigenvalue weighted by Crippen LogP contribution is -2.20. The van der Waals surface area contributed by atoms with Crippen LogP contribution in [0.15, 0.2) is 62.3 Å². The number of hydrogen-bond donors (Lipinski definition) is 1. The first kappa shape index (κ1) is 14.2. The van der Waals surface area contributed by atoms with Gasteiger partial charge in [0.25, 0.3) is 5.91 Å². The lowest BCUT2D eigenvalue weighted by molar-refractivity contribution is 0.102. The molecule has 2 aromatic heterocycles. The molecule has 118 valence electrons. The van der Waals surface area contributed by atoms with Gasteiger partial charge in [-0.1, -0.05) is 35.5 Å². The summed E-state index contributed by atoms with van der Waals surface area (Å²) in [4.78, 5) is 24.5. The van der Waals surface area contributed by atoms with Crippen LogP contribution in [0.5, 0.6) is 0 Å². The van der Waals surface area contributed by atoms with E-state index in [1.54, 1.807) is 25.1 Å². The van der Waals surface area contributed by atoms with Crippen LogP contribution in [-0.4, -0.2) is 11.1 Å². The van der Waals surface area contributed by atoms with Crippen LogP contribution in [0, 0.1) is 6.92 Å². The number of aryl methyl sites for hydroxylation is 1. The molecule has 0 bridgehead atoms. The fraction of sp³-hybridized carbons (Fsp3) is 0.0556. The van der Waals surface area contributed by atoms with Gasteiger partial charge in [0.2, 0.25) is 0 Å². The van der Waals surface area contributed by atoms with E-state index in [1.165, 1.54) is 0 Å². The third-order valence-electron chi connectivity index (χ3n) is 3.76. The van der Waals surface area contributed by atoms with E-state index in [9.17, 15) is 9.59 Å². The summed E-state index contributed by atoms with van der Waals surface area (Å²) < 4.78 is 10.2. The molecule has 0 saturated heterocycles. The largest absolute Gasteiger partial charge is 0.422 e. The molecule has 0 unspecified atom stereocenters. The van der Waals surface area contributed by atoms with Crippen molar-refractivity contribution < 1.29 is 13.7 Å². The Morgan fingerprint density at radius 3 is 2.71 bits per heavy atom. The first-order valence-electron chi connectivity index (χ1n) is 7.32. The summed E-state index contributed by atoms with van der Waals surface area (Å²) in [6.07, 6.45) is 0. The normalized spacial score (nSPS) is 11.0. The van der Waals surface area contributed by atoms with E-state index in [1.807, 2.05) is 30.3 Å². The van der Waals surface area contributed by atoms with Crippen molar-refractivity contribution in [2.45, 2.75) is 6.92 Å². The van der Waals surface area contributed by atoms with Crippen molar-refractivity contribution in [3.63, 3.8) is 0 Å². The average Bonchev–Trinajstić information content (AvgIpc) is 2.98. The second-order valence-electron chi connectivity index (χ2n) is 5.42. The van der Waals surface area contributed by atoms with Gasteiger partial charge in [-0.3, -0.25) is 4.79 Å². The van der Waals surface area contributed by atoms with Crippen LogP contribution >= 0.6 is 0 Å². The third-order valence-corrected chi connectivity index (χ3v) is 3.76. The number of benzene rings is 2. The molecule has 0 atom stereocenters. The highest BCUT2D eigenvalue weighted by Crippen LogP contribution is 2.25. The van der Waals surface area contributed by atoms with E-state index in [0.29, 0.717) is 16.7 Å². The molecule has 24 heavy (non-hydrogen) atoms. The van der Waals surface area contributed by atoms with Crippen molar-refractivity contribution in [3.05, 3.63) is 70.3 Å². The fourth-order valence-electron chi connectivity index (χ4n) is 2.64. The van der Waals surface area contributed by atoms with Gasteiger partial charge < -0.3 is 14.3 Å². The minimum absolute atomic E-state index is 0.0838. The first-order valence-corrected chi connectivity index (χ1v) is 7.32. The molecule has 4 rings (SSSR count). The van der Waals surface area contributed by atoms with Crippen LogP contribution in [0.4, 0.5) is 5.82 Å². The van der Waals surface area contributed by atoms with E-state index in [-0.39, 0.29) is 11.4 Å². The molecule has 1 amide bonds. The third kappa shape index (κ3) is 2.34. The number of carbonyl (C=O) groups excluding carboxylic acids is 1. The van der Waals surface area contributed by atoms with Crippen molar-refractivity contribution in [1.29, 1.82) is 0 Å².